The van der Waals surface area contributed by atoms with Gasteiger partial charge in [0.2, 0.25) is 0 Å². The van der Waals surface area contributed by atoms with Crippen molar-refractivity contribution in [2.24, 2.45) is 5.92 Å². The molecule has 0 N–H and O–H groups in total. The fourth-order valence-electron chi connectivity index (χ4n) is 4.33. The van der Waals surface area contributed by atoms with E-state index in [-0.39, 0.29) is 0 Å². The van der Waals surface area contributed by atoms with Gasteiger partial charge in [-0.05, 0) is 68.3 Å². The van der Waals surface area contributed by atoms with Crippen LogP contribution in [0.4, 0.5) is 0 Å². The highest BCUT2D eigenvalue weighted by Crippen LogP contribution is 2.50. The van der Waals surface area contributed by atoms with Crippen molar-refractivity contribution in [1.82, 2.24) is 4.90 Å². The number of nitrogens with zero attached hydrogens (tertiary/aromatic N) is 1. The average molecular weight is 259 g/mol. The molecule has 1 aromatic rings. The molecule has 104 valence electrons. The van der Waals surface area contributed by atoms with Crippen molar-refractivity contribution in [3.63, 3.8) is 0 Å². The Morgan fingerprint density at radius 3 is 2.95 bits per heavy atom. The Kier molecular flexibility index (Phi) is 3.53. The van der Waals surface area contributed by atoms with Crippen molar-refractivity contribution >= 4 is 0 Å². The number of likely N-dealkylation sites (tertiary alicyclic amines) is 1. The molecule has 1 heterocycles. The van der Waals surface area contributed by atoms with E-state index in [4.69, 9.17) is 4.74 Å². The third kappa shape index (κ3) is 2.27. The average Bonchev–Trinajstić information content (AvgIpc) is 2.76. The predicted octanol–water partition coefficient (Wildman–Crippen LogP) is 3.46. The van der Waals surface area contributed by atoms with Crippen molar-refractivity contribution < 1.29 is 4.74 Å². The molecule has 1 saturated heterocycles. The van der Waals surface area contributed by atoms with Crippen LogP contribution in [0.3, 0.4) is 0 Å². The van der Waals surface area contributed by atoms with Gasteiger partial charge >= 0.3 is 0 Å². The summed E-state index contributed by atoms with van der Waals surface area (Å²) in [5, 5.41) is 0. The molecule has 0 aromatic heterocycles. The second kappa shape index (κ2) is 5.16. The molecule has 19 heavy (non-hydrogen) atoms. The summed E-state index contributed by atoms with van der Waals surface area (Å²) in [7, 11) is 4.05. The van der Waals surface area contributed by atoms with Crippen molar-refractivity contribution in [1.29, 1.82) is 0 Å². The van der Waals surface area contributed by atoms with Crippen molar-refractivity contribution in [3.05, 3.63) is 29.8 Å². The molecule has 1 aliphatic heterocycles. The third-order valence-electron chi connectivity index (χ3n) is 5.30. The molecule has 0 radical (unpaired) electrons. The summed E-state index contributed by atoms with van der Waals surface area (Å²) in [6.45, 7) is 2.51. The van der Waals surface area contributed by atoms with Crippen molar-refractivity contribution in [2.45, 2.75) is 37.5 Å². The normalized spacial score (nSPS) is 31.8. The molecule has 1 saturated carbocycles. The number of hydrogen-bond acceptors (Lipinski definition) is 2. The quantitative estimate of drug-likeness (QED) is 0.806. The molecule has 0 amide bonds. The van der Waals surface area contributed by atoms with E-state index in [1.165, 1.54) is 50.8 Å². The first-order chi connectivity index (χ1) is 9.24. The molecule has 1 aliphatic carbocycles. The highest BCUT2D eigenvalue weighted by atomic mass is 16.5. The summed E-state index contributed by atoms with van der Waals surface area (Å²) in [5.74, 6) is 1.84. The van der Waals surface area contributed by atoms with E-state index in [0.717, 1.165) is 11.7 Å². The number of methoxy groups -OCH3 is 1. The van der Waals surface area contributed by atoms with Gasteiger partial charge in [0.1, 0.15) is 5.75 Å². The topological polar surface area (TPSA) is 12.5 Å². The molecular formula is C17H25NO. The van der Waals surface area contributed by atoms with Crippen molar-refractivity contribution in [3.8, 4) is 5.75 Å². The van der Waals surface area contributed by atoms with E-state index in [1.54, 1.807) is 7.11 Å². The standard InChI is InChI=1S/C17H25NO/c1-18-11-5-10-17(9-4-7-15(17)13-18)14-6-3-8-16(12-14)19-2/h3,6,8,12,15H,4-5,7,9-11,13H2,1-2H3. The van der Waals surface area contributed by atoms with Gasteiger partial charge in [0.05, 0.1) is 7.11 Å². The highest BCUT2D eigenvalue weighted by Gasteiger charge is 2.45. The minimum absolute atomic E-state index is 0.416. The molecule has 2 unspecified atom stereocenters. The second-order valence-electron chi connectivity index (χ2n) is 6.34. The van der Waals surface area contributed by atoms with Gasteiger partial charge in [-0.1, -0.05) is 18.6 Å². The zero-order valence-electron chi connectivity index (χ0n) is 12.2. The monoisotopic (exact) mass is 259 g/mol. The Morgan fingerprint density at radius 1 is 1.26 bits per heavy atom. The predicted molar refractivity (Wildman–Crippen MR) is 78.7 cm³/mol. The lowest BCUT2D eigenvalue weighted by atomic mass is 9.69. The molecule has 2 aliphatic rings. The minimum Gasteiger partial charge on any atom is -0.497 e. The largest absolute Gasteiger partial charge is 0.497 e. The lowest BCUT2D eigenvalue weighted by molar-refractivity contribution is 0.252. The van der Waals surface area contributed by atoms with Crippen LogP contribution in [0.25, 0.3) is 0 Å². The SMILES string of the molecule is COc1cccc(C23CCCC2CN(C)CCC3)c1. The van der Waals surface area contributed by atoms with Gasteiger partial charge in [-0.15, -0.1) is 0 Å². The van der Waals surface area contributed by atoms with E-state index >= 15 is 0 Å². The van der Waals surface area contributed by atoms with E-state index in [9.17, 15) is 0 Å². The fourth-order valence-corrected chi connectivity index (χ4v) is 4.33. The summed E-state index contributed by atoms with van der Waals surface area (Å²) in [6.07, 6.45) is 6.80. The van der Waals surface area contributed by atoms with E-state index in [0.29, 0.717) is 5.41 Å². The third-order valence-corrected chi connectivity index (χ3v) is 5.30. The van der Waals surface area contributed by atoms with Crippen LogP contribution in [0.15, 0.2) is 24.3 Å². The Labute approximate surface area is 116 Å². The molecule has 0 spiro atoms. The number of rotatable bonds is 2. The van der Waals surface area contributed by atoms with E-state index < -0.39 is 0 Å². The van der Waals surface area contributed by atoms with Crippen LogP contribution in [-0.2, 0) is 5.41 Å². The second-order valence-corrected chi connectivity index (χ2v) is 6.34. The number of ether oxygens (including phenoxy) is 1. The lowest BCUT2D eigenvalue weighted by Gasteiger charge is -2.35. The molecule has 2 heteroatoms. The smallest absolute Gasteiger partial charge is 0.119 e. The molecule has 2 nitrogen and oxygen atoms in total. The molecular weight excluding hydrogens is 234 g/mol. The maximum absolute atomic E-state index is 5.43. The van der Waals surface area contributed by atoms with Crippen molar-refractivity contribution in [2.75, 3.05) is 27.2 Å². The van der Waals surface area contributed by atoms with Crippen LogP contribution in [-0.4, -0.2) is 32.1 Å². The highest BCUT2D eigenvalue weighted by molar-refractivity contribution is 5.35. The van der Waals surface area contributed by atoms with Crippen LogP contribution in [0.2, 0.25) is 0 Å². The van der Waals surface area contributed by atoms with Gasteiger partial charge in [0.25, 0.3) is 0 Å². The van der Waals surface area contributed by atoms with Crippen LogP contribution >= 0.6 is 0 Å². The first kappa shape index (κ1) is 13.0. The van der Waals surface area contributed by atoms with Gasteiger partial charge in [0, 0.05) is 6.54 Å². The summed E-state index contributed by atoms with van der Waals surface area (Å²) in [4.78, 5) is 2.53. The van der Waals surface area contributed by atoms with Gasteiger partial charge in [-0.25, -0.2) is 0 Å². The molecule has 2 atom stereocenters. The number of benzene rings is 1. The Balaban J connectivity index is 1.98. The molecule has 3 rings (SSSR count). The van der Waals surface area contributed by atoms with Crippen LogP contribution in [0.1, 0.15) is 37.7 Å². The summed E-state index contributed by atoms with van der Waals surface area (Å²) in [6, 6.07) is 8.83. The van der Waals surface area contributed by atoms with Gasteiger partial charge < -0.3 is 9.64 Å². The molecule has 2 fully saturated rings. The van der Waals surface area contributed by atoms with Gasteiger partial charge in [-0.3, -0.25) is 0 Å². The van der Waals surface area contributed by atoms with Crippen LogP contribution < -0.4 is 4.74 Å². The maximum atomic E-state index is 5.43. The summed E-state index contributed by atoms with van der Waals surface area (Å²) < 4.78 is 5.43. The fraction of sp³-hybridized carbons (Fsp3) is 0.647. The summed E-state index contributed by atoms with van der Waals surface area (Å²) in [5.41, 5.74) is 1.93. The molecule has 1 aromatic carbocycles. The molecule has 0 bridgehead atoms. The number of fused-ring (bicyclic) bond motifs is 1. The van der Waals surface area contributed by atoms with E-state index in [2.05, 4.69) is 36.2 Å². The Bertz CT molecular complexity index is 445. The number of hydrogen-bond donors (Lipinski definition) is 0. The first-order valence-corrected chi connectivity index (χ1v) is 7.58. The van der Waals surface area contributed by atoms with E-state index in [1.807, 2.05) is 0 Å². The minimum atomic E-state index is 0.416. The summed E-state index contributed by atoms with van der Waals surface area (Å²) >= 11 is 0. The van der Waals surface area contributed by atoms with Crippen LogP contribution in [0.5, 0.6) is 5.75 Å². The van der Waals surface area contributed by atoms with Gasteiger partial charge in [-0.2, -0.15) is 0 Å². The maximum Gasteiger partial charge on any atom is 0.119 e. The van der Waals surface area contributed by atoms with Crippen LogP contribution in [0, 0.1) is 5.92 Å². The zero-order chi connectivity index (χ0) is 13.3. The lowest BCUT2D eigenvalue weighted by Crippen LogP contribution is -2.34. The first-order valence-electron chi connectivity index (χ1n) is 7.58. The Hall–Kier alpha value is -1.02. The van der Waals surface area contributed by atoms with Gasteiger partial charge in [0.15, 0.2) is 0 Å². The zero-order valence-corrected chi connectivity index (χ0v) is 12.2. The Morgan fingerprint density at radius 2 is 2.11 bits per heavy atom.